The summed E-state index contributed by atoms with van der Waals surface area (Å²) in [5.41, 5.74) is 0. The van der Waals surface area contributed by atoms with E-state index >= 15 is 0 Å². The van der Waals surface area contributed by atoms with Gasteiger partial charge in [0.1, 0.15) is 0 Å². The first-order valence-corrected chi connectivity index (χ1v) is 6.34. The van der Waals surface area contributed by atoms with Crippen molar-refractivity contribution < 1.29 is 9.53 Å². The van der Waals surface area contributed by atoms with E-state index < -0.39 is 0 Å². The second-order valence-corrected chi connectivity index (χ2v) is 3.69. The summed E-state index contributed by atoms with van der Waals surface area (Å²) in [6.45, 7) is 6.07. The Morgan fingerprint density at radius 3 is 2.35 bits per heavy atom. The molecule has 0 radical (unpaired) electrons. The molecule has 0 fully saturated rings. The smallest absolute Gasteiger partial charge is 0.305 e. The van der Waals surface area contributed by atoms with Crippen molar-refractivity contribution in [1.29, 1.82) is 0 Å². The zero-order chi connectivity index (χ0) is 12.9. The second-order valence-electron chi connectivity index (χ2n) is 3.69. The van der Waals surface area contributed by atoms with Gasteiger partial charge in [0.25, 0.3) is 0 Å². The molecule has 0 unspecified atom stereocenters. The topological polar surface area (TPSA) is 62.7 Å². The number of hydrogen-bond donors (Lipinski definition) is 2. The Morgan fingerprint density at radius 2 is 1.82 bits per heavy atom. The number of hydrogen-bond acceptors (Lipinski definition) is 3. The van der Waals surface area contributed by atoms with Crippen LogP contribution in [-0.4, -0.2) is 38.7 Å². The summed E-state index contributed by atoms with van der Waals surface area (Å²) in [5.74, 6) is 0.658. The first-order chi connectivity index (χ1) is 8.24. The number of nitrogens with zero attached hydrogens (tertiary/aromatic N) is 1. The van der Waals surface area contributed by atoms with E-state index in [-0.39, 0.29) is 5.97 Å². The zero-order valence-electron chi connectivity index (χ0n) is 11.2. The van der Waals surface area contributed by atoms with Crippen LogP contribution in [0.5, 0.6) is 0 Å². The quantitative estimate of drug-likeness (QED) is 0.292. The molecule has 5 nitrogen and oxygen atoms in total. The van der Waals surface area contributed by atoms with E-state index in [0.717, 1.165) is 38.3 Å². The second kappa shape index (κ2) is 11.2. The van der Waals surface area contributed by atoms with Crippen LogP contribution in [-0.2, 0) is 9.53 Å². The Kier molecular flexibility index (Phi) is 10.4. The Labute approximate surface area is 104 Å². The van der Waals surface area contributed by atoms with Crippen molar-refractivity contribution in [3.8, 4) is 0 Å². The number of nitrogens with one attached hydrogen (secondary N) is 2. The highest BCUT2D eigenvalue weighted by Gasteiger charge is 2.01. The van der Waals surface area contributed by atoms with E-state index in [1.54, 1.807) is 7.05 Å². The summed E-state index contributed by atoms with van der Waals surface area (Å²) >= 11 is 0. The summed E-state index contributed by atoms with van der Waals surface area (Å²) in [5, 5.41) is 6.36. The predicted molar refractivity (Wildman–Crippen MR) is 70.1 cm³/mol. The molecule has 2 N–H and O–H groups in total. The summed E-state index contributed by atoms with van der Waals surface area (Å²) in [6, 6.07) is 0. The molecule has 0 aliphatic heterocycles. The highest BCUT2D eigenvalue weighted by Crippen LogP contribution is 1.91. The summed E-state index contributed by atoms with van der Waals surface area (Å²) < 4.78 is 4.84. The third-order valence-electron chi connectivity index (χ3n) is 2.20. The fourth-order valence-corrected chi connectivity index (χ4v) is 1.28. The van der Waals surface area contributed by atoms with E-state index in [4.69, 9.17) is 4.74 Å². The van der Waals surface area contributed by atoms with Crippen LogP contribution in [0.3, 0.4) is 0 Å². The monoisotopic (exact) mass is 243 g/mol. The van der Waals surface area contributed by atoms with Crippen LogP contribution < -0.4 is 10.6 Å². The van der Waals surface area contributed by atoms with Gasteiger partial charge < -0.3 is 15.4 Å². The fourth-order valence-electron chi connectivity index (χ4n) is 1.28. The summed E-state index contributed by atoms with van der Waals surface area (Å²) in [6.07, 6.45) is 3.50. The van der Waals surface area contributed by atoms with Crippen LogP contribution >= 0.6 is 0 Å². The number of esters is 1. The van der Waals surface area contributed by atoms with Crippen LogP contribution in [0.25, 0.3) is 0 Å². The molecule has 0 aromatic rings. The molecule has 0 rings (SSSR count). The Balaban J connectivity index is 3.53. The van der Waals surface area contributed by atoms with Crippen molar-refractivity contribution in [3.63, 3.8) is 0 Å². The third kappa shape index (κ3) is 9.66. The largest absolute Gasteiger partial charge is 0.466 e. The van der Waals surface area contributed by atoms with Crippen molar-refractivity contribution in [1.82, 2.24) is 10.6 Å². The number of ether oxygens (including phenoxy) is 1. The van der Waals surface area contributed by atoms with Gasteiger partial charge in [0.05, 0.1) is 6.61 Å². The molecular formula is C12H25N3O2. The van der Waals surface area contributed by atoms with Crippen LogP contribution in [0.4, 0.5) is 0 Å². The molecule has 0 aliphatic rings. The number of carbonyl (C=O) groups excluding carboxylic acids is 1. The zero-order valence-corrected chi connectivity index (χ0v) is 11.2. The van der Waals surface area contributed by atoms with Crippen LogP contribution in [0.1, 0.15) is 39.5 Å². The molecule has 0 heterocycles. The average Bonchev–Trinajstić information content (AvgIpc) is 2.32. The molecule has 0 saturated heterocycles. The van der Waals surface area contributed by atoms with Gasteiger partial charge in [-0.25, -0.2) is 0 Å². The number of guanidine groups is 1. The molecule has 0 spiro atoms. The molecule has 0 aromatic carbocycles. The number of unbranched alkanes of at least 4 members (excludes halogenated alkanes) is 1. The predicted octanol–water partition coefficient (Wildman–Crippen LogP) is 1.29. The third-order valence-corrected chi connectivity index (χ3v) is 2.20. The lowest BCUT2D eigenvalue weighted by Gasteiger charge is -2.11. The van der Waals surface area contributed by atoms with Gasteiger partial charge in [-0.05, 0) is 19.8 Å². The summed E-state index contributed by atoms with van der Waals surface area (Å²) in [4.78, 5) is 15.2. The van der Waals surface area contributed by atoms with Crippen molar-refractivity contribution in [2.24, 2.45) is 4.99 Å². The molecule has 5 heteroatoms. The minimum atomic E-state index is -0.136. The Bertz CT molecular complexity index is 230. The fraction of sp³-hybridized carbons (Fsp3) is 0.833. The van der Waals surface area contributed by atoms with Gasteiger partial charge in [0.15, 0.2) is 5.96 Å². The molecule has 17 heavy (non-hydrogen) atoms. The highest BCUT2D eigenvalue weighted by atomic mass is 16.5. The Morgan fingerprint density at radius 1 is 1.18 bits per heavy atom. The SMILES string of the molecule is CCCCNC(=NC)NCCCC(=O)OCC. The molecule has 0 atom stereocenters. The van der Waals surface area contributed by atoms with Crippen molar-refractivity contribution in [2.45, 2.75) is 39.5 Å². The number of rotatable bonds is 8. The minimum absolute atomic E-state index is 0.136. The van der Waals surface area contributed by atoms with Crippen molar-refractivity contribution in [3.05, 3.63) is 0 Å². The molecular weight excluding hydrogens is 218 g/mol. The average molecular weight is 243 g/mol. The van der Waals surface area contributed by atoms with Gasteiger partial charge in [0.2, 0.25) is 0 Å². The van der Waals surface area contributed by atoms with Gasteiger partial charge in [-0.1, -0.05) is 13.3 Å². The minimum Gasteiger partial charge on any atom is -0.466 e. The lowest BCUT2D eigenvalue weighted by atomic mass is 10.3. The van der Waals surface area contributed by atoms with Crippen LogP contribution in [0.15, 0.2) is 4.99 Å². The highest BCUT2D eigenvalue weighted by molar-refractivity contribution is 5.79. The van der Waals surface area contributed by atoms with E-state index in [1.807, 2.05) is 6.92 Å². The standard InChI is InChI=1S/C12H25N3O2/c1-4-6-9-14-12(13-3)15-10-7-8-11(16)17-5-2/h4-10H2,1-3H3,(H2,13,14,15). The lowest BCUT2D eigenvalue weighted by Crippen LogP contribution is -2.38. The van der Waals surface area contributed by atoms with Gasteiger partial charge in [-0.2, -0.15) is 0 Å². The first kappa shape index (κ1) is 15.7. The van der Waals surface area contributed by atoms with Gasteiger partial charge >= 0.3 is 5.97 Å². The normalized spacial score (nSPS) is 11.1. The number of carbonyl (C=O) groups is 1. The molecule has 0 aromatic heterocycles. The van der Waals surface area contributed by atoms with Crippen molar-refractivity contribution >= 4 is 11.9 Å². The van der Waals surface area contributed by atoms with Crippen molar-refractivity contribution in [2.75, 3.05) is 26.7 Å². The molecule has 100 valence electrons. The van der Waals surface area contributed by atoms with E-state index in [1.165, 1.54) is 0 Å². The van der Waals surface area contributed by atoms with Crippen LogP contribution in [0, 0.1) is 0 Å². The van der Waals surface area contributed by atoms with Crippen LogP contribution in [0.2, 0.25) is 0 Å². The maximum atomic E-state index is 11.1. The maximum Gasteiger partial charge on any atom is 0.305 e. The molecule has 0 aliphatic carbocycles. The number of aliphatic imine (C=N–C) groups is 1. The molecule has 0 bridgehead atoms. The van der Waals surface area contributed by atoms with E-state index in [2.05, 4.69) is 22.5 Å². The first-order valence-electron chi connectivity index (χ1n) is 6.34. The molecule has 0 saturated carbocycles. The van der Waals surface area contributed by atoms with Gasteiger partial charge in [0, 0.05) is 26.6 Å². The Hall–Kier alpha value is -1.26. The van der Waals surface area contributed by atoms with E-state index in [0.29, 0.717) is 13.0 Å². The summed E-state index contributed by atoms with van der Waals surface area (Å²) in [7, 11) is 1.74. The molecule has 0 amide bonds. The van der Waals surface area contributed by atoms with Gasteiger partial charge in [-0.15, -0.1) is 0 Å². The van der Waals surface area contributed by atoms with E-state index in [9.17, 15) is 4.79 Å². The maximum absolute atomic E-state index is 11.1. The van der Waals surface area contributed by atoms with Gasteiger partial charge in [-0.3, -0.25) is 9.79 Å². The lowest BCUT2D eigenvalue weighted by molar-refractivity contribution is -0.143.